The lowest BCUT2D eigenvalue weighted by atomic mass is 9.71. The fourth-order valence-electron chi connectivity index (χ4n) is 7.49. The van der Waals surface area contributed by atoms with Crippen molar-refractivity contribution in [2.24, 2.45) is 0 Å². The molecule has 220 valence electrons. The summed E-state index contributed by atoms with van der Waals surface area (Å²) in [7, 11) is 0. The van der Waals surface area contributed by atoms with Gasteiger partial charge in [-0.3, -0.25) is 0 Å². The summed E-state index contributed by atoms with van der Waals surface area (Å²) in [5.74, 6) is 2.28. The Labute approximate surface area is 267 Å². The summed E-state index contributed by atoms with van der Waals surface area (Å²) in [4.78, 5) is 18.7. The minimum absolute atomic E-state index is 0.0206. The molecule has 0 bridgehead atoms. The molecule has 0 saturated carbocycles. The van der Waals surface area contributed by atoms with Crippen LogP contribution in [0.15, 0.2) is 121 Å². The second-order valence-corrected chi connectivity index (χ2v) is 13.2. The molecule has 0 amide bonds. The Kier molecular flexibility index (Phi) is 5.94. The number of hydrogen-bond acceptors (Lipinski definition) is 3. The van der Waals surface area contributed by atoms with E-state index in [2.05, 4.69) is 91.6 Å². The third-order valence-electron chi connectivity index (χ3n) is 9.61. The standard InChI is InChI=1S/C42H32N4/c1-42(2)25-32(23-37-38(42)35-24-34-31(22-36(35)43-37)21-29-16-9-10-19-33(29)34)28-17-11-18-30(20-28)41-45-39(26-12-5-3-6-13-26)44-40(46-41)27-14-7-4-8-15-27/h3-24,32,43H,25H2,1-2H3. The fraction of sp³-hybridized carbons (Fsp3) is 0.119. The van der Waals surface area contributed by atoms with Gasteiger partial charge in [0.1, 0.15) is 0 Å². The number of fused-ring (bicyclic) bond motifs is 6. The third-order valence-corrected chi connectivity index (χ3v) is 9.61. The van der Waals surface area contributed by atoms with Crippen molar-refractivity contribution in [3.05, 3.63) is 149 Å². The van der Waals surface area contributed by atoms with Crippen LogP contribution in [-0.2, 0) is 5.41 Å². The highest BCUT2D eigenvalue weighted by molar-refractivity contribution is 5.94. The van der Waals surface area contributed by atoms with E-state index in [-0.39, 0.29) is 11.3 Å². The minimum Gasteiger partial charge on any atom is -0.355 e. The highest BCUT2D eigenvalue weighted by atomic mass is 15.0. The Bertz CT molecular complexity index is 2360. The van der Waals surface area contributed by atoms with E-state index >= 15 is 0 Å². The van der Waals surface area contributed by atoms with Crippen LogP contribution in [0.2, 0.25) is 0 Å². The van der Waals surface area contributed by atoms with Gasteiger partial charge in [0.15, 0.2) is 17.5 Å². The molecule has 4 heteroatoms. The molecule has 0 aliphatic heterocycles. The first-order valence-corrected chi connectivity index (χ1v) is 16.0. The maximum absolute atomic E-state index is 4.98. The Hall–Kier alpha value is -5.61. The molecule has 2 aliphatic rings. The van der Waals surface area contributed by atoms with Gasteiger partial charge >= 0.3 is 0 Å². The SMILES string of the molecule is CC1(C)CC(c2cccc(-c3nc(-c4ccccc4)nc(-c4ccccc4)n3)c2)C=c2[nH]c3cc4c(cc3c21)-c1ccccc1C=4. The van der Waals surface area contributed by atoms with Crippen LogP contribution in [0.4, 0.5) is 0 Å². The smallest absolute Gasteiger partial charge is 0.164 e. The summed E-state index contributed by atoms with van der Waals surface area (Å²) in [6.45, 7) is 4.78. The molecule has 2 aromatic heterocycles. The van der Waals surface area contributed by atoms with Gasteiger partial charge in [-0.25, -0.2) is 15.0 Å². The number of aromatic nitrogens is 4. The monoisotopic (exact) mass is 592 g/mol. The maximum Gasteiger partial charge on any atom is 0.164 e. The topological polar surface area (TPSA) is 54.5 Å². The number of rotatable bonds is 4. The van der Waals surface area contributed by atoms with E-state index in [0.29, 0.717) is 17.5 Å². The van der Waals surface area contributed by atoms with Gasteiger partial charge < -0.3 is 4.98 Å². The molecule has 2 heterocycles. The van der Waals surface area contributed by atoms with Crippen molar-refractivity contribution >= 4 is 23.1 Å². The van der Waals surface area contributed by atoms with Gasteiger partial charge in [-0.05, 0) is 69.1 Å². The Morgan fingerprint density at radius 1 is 0.630 bits per heavy atom. The van der Waals surface area contributed by atoms with Crippen LogP contribution in [0, 0.1) is 0 Å². The van der Waals surface area contributed by atoms with Gasteiger partial charge in [0.2, 0.25) is 0 Å². The van der Waals surface area contributed by atoms with Gasteiger partial charge in [-0.2, -0.15) is 0 Å². The van der Waals surface area contributed by atoms with Crippen molar-refractivity contribution < 1.29 is 0 Å². The summed E-state index contributed by atoms with van der Waals surface area (Å²) in [5.41, 5.74) is 10.8. The second kappa shape index (κ2) is 10.2. The fourth-order valence-corrected chi connectivity index (χ4v) is 7.49. The molecule has 0 saturated heterocycles. The number of nitrogens with one attached hydrogen (secondary N) is 1. The largest absolute Gasteiger partial charge is 0.355 e. The Morgan fingerprint density at radius 2 is 1.26 bits per heavy atom. The number of hydrogen-bond donors (Lipinski definition) is 1. The molecule has 46 heavy (non-hydrogen) atoms. The van der Waals surface area contributed by atoms with Crippen molar-refractivity contribution in [1.29, 1.82) is 0 Å². The highest BCUT2D eigenvalue weighted by Crippen LogP contribution is 2.42. The van der Waals surface area contributed by atoms with E-state index < -0.39 is 0 Å². The average Bonchev–Trinajstić information content (AvgIpc) is 3.65. The van der Waals surface area contributed by atoms with Crippen LogP contribution in [0.1, 0.15) is 42.9 Å². The second-order valence-electron chi connectivity index (χ2n) is 13.2. The van der Waals surface area contributed by atoms with E-state index in [4.69, 9.17) is 15.0 Å². The zero-order valence-electron chi connectivity index (χ0n) is 25.8. The van der Waals surface area contributed by atoms with Crippen molar-refractivity contribution in [3.63, 3.8) is 0 Å². The molecule has 5 aromatic carbocycles. The molecule has 7 aromatic rings. The lowest BCUT2D eigenvalue weighted by molar-refractivity contribution is 0.453. The highest BCUT2D eigenvalue weighted by Gasteiger charge is 2.33. The molecule has 9 rings (SSSR count). The molecule has 0 fully saturated rings. The predicted molar refractivity (Wildman–Crippen MR) is 188 cm³/mol. The zero-order chi connectivity index (χ0) is 30.8. The van der Waals surface area contributed by atoms with E-state index in [1.807, 2.05) is 60.7 Å². The lowest BCUT2D eigenvalue weighted by Crippen LogP contribution is -2.32. The third kappa shape index (κ3) is 4.40. The molecule has 1 unspecified atom stereocenters. The van der Waals surface area contributed by atoms with Gasteiger partial charge in [-0.15, -0.1) is 0 Å². The van der Waals surface area contributed by atoms with Gasteiger partial charge in [0.25, 0.3) is 0 Å². The van der Waals surface area contributed by atoms with Crippen molar-refractivity contribution in [3.8, 4) is 45.3 Å². The molecular weight excluding hydrogens is 560 g/mol. The van der Waals surface area contributed by atoms with Crippen LogP contribution < -0.4 is 10.6 Å². The first kappa shape index (κ1) is 26.8. The van der Waals surface area contributed by atoms with Crippen LogP contribution in [-0.4, -0.2) is 19.9 Å². The molecule has 4 nitrogen and oxygen atoms in total. The van der Waals surface area contributed by atoms with Gasteiger partial charge in [-0.1, -0.05) is 123 Å². The van der Waals surface area contributed by atoms with E-state index in [0.717, 1.165) is 23.1 Å². The van der Waals surface area contributed by atoms with Gasteiger partial charge in [0, 0.05) is 38.9 Å². The number of aromatic amines is 1. The quantitative estimate of drug-likeness (QED) is 0.223. The summed E-state index contributed by atoms with van der Waals surface area (Å²) in [6.07, 6.45) is 5.75. The number of benzene rings is 5. The predicted octanol–water partition coefficient (Wildman–Crippen LogP) is 8.41. The Morgan fingerprint density at radius 3 is 1.98 bits per heavy atom. The van der Waals surface area contributed by atoms with E-state index in [1.165, 1.54) is 49.3 Å². The van der Waals surface area contributed by atoms with Crippen molar-refractivity contribution in [2.75, 3.05) is 0 Å². The van der Waals surface area contributed by atoms with Crippen LogP contribution in [0.5, 0.6) is 0 Å². The zero-order valence-corrected chi connectivity index (χ0v) is 25.8. The van der Waals surface area contributed by atoms with E-state index in [1.54, 1.807) is 0 Å². The van der Waals surface area contributed by atoms with Crippen molar-refractivity contribution in [1.82, 2.24) is 19.9 Å². The molecular formula is C42H32N4. The summed E-state index contributed by atoms with van der Waals surface area (Å²) in [5, 5.41) is 3.85. The maximum atomic E-state index is 4.98. The molecule has 2 aliphatic carbocycles. The summed E-state index contributed by atoms with van der Waals surface area (Å²) in [6, 6.07) is 42.5. The van der Waals surface area contributed by atoms with Crippen LogP contribution in [0.3, 0.4) is 0 Å². The number of nitrogens with zero attached hydrogens (tertiary/aromatic N) is 3. The lowest BCUT2D eigenvalue weighted by Gasteiger charge is -2.32. The number of H-pyrrole nitrogens is 1. The molecule has 0 radical (unpaired) electrons. The van der Waals surface area contributed by atoms with Crippen LogP contribution >= 0.6 is 0 Å². The van der Waals surface area contributed by atoms with Crippen molar-refractivity contribution in [2.45, 2.75) is 31.6 Å². The summed E-state index contributed by atoms with van der Waals surface area (Å²) < 4.78 is 0. The molecule has 0 spiro atoms. The average molecular weight is 593 g/mol. The Balaban J connectivity index is 1.15. The minimum atomic E-state index is -0.0206. The molecule has 1 atom stereocenters. The normalized spacial score (nSPS) is 15.8. The molecule has 1 N–H and O–H groups in total. The van der Waals surface area contributed by atoms with Crippen LogP contribution in [0.25, 0.3) is 68.3 Å². The summed E-state index contributed by atoms with van der Waals surface area (Å²) >= 11 is 0. The van der Waals surface area contributed by atoms with E-state index in [9.17, 15) is 0 Å². The van der Waals surface area contributed by atoms with Gasteiger partial charge in [0.05, 0.1) is 0 Å². The first-order chi connectivity index (χ1) is 22.5. The first-order valence-electron chi connectivity index (χ1n) is 16.0.